The van der Waals surface area contributed by atoms with Gasteiger partial charge in [-0.1, -0.05) is 23.7 Å². The van der Waals surface area contributed by atoms with Crippen LogP contribution in [0.25, 0.3) is 11.3 Å². The van der Waals surface area contributed by atoms with Gasteiger partial charge >= 0.3 is 5.97 Å². The average Bonchev–Trinajstić information content (AvgIpc) is 2.72. The van der Waals surface area contributed by atoms with Gasteiger partial charge in [0.05, 0.1) is 12.3 Å². The van der Waals surface area contributed by atoms with Crippen LogP contribution in [0.3, 0.4) is 0 Å². The van der Waals surface area contributed by atoms with Crippen LogP contribution in [0, 0.1) is 6.92 Å². The minimum absolute atomic E-state index is 0.325. The SMILES string of the molecule is CCOC(=O)c1c(-c2ccc(Cl)cc2)nsc1C. The molecular formula is C13H12ClNO2S. The van der Waals surface area contributed by atoms with Crippen LogP contribution in [-0.2, 0) is 4.74 Å². The maximum Gasteiger partial charge on any atom is 0.341 e. The first kappa shape index (κ1) is 13.1. The van der Waals surface area contributed by atoms with Crippen molar-refractivity contribution < 1.29 is 9.53 Å². The number of halogens is 1. The largest absolute Gasteiger partial charge is 0.462 e. The van der Waals surface area contributed by atoms with Crippen LogP contribution in [0.5, 0.6) is 0 Å². The Hall–Kier alpha value is -1.39. The van der Waals surface area contributed by atoms with Crippen LogP contribution >= 0.6 is 23.1 Å². The van der Waals surface area contributed by atoms with Crippen molar-refractivity contribution in [3.63, 3.8) is 0 Å². The Labute approximate surface area is 115 Å². The van der Waals surface area contributed by atoms with Crippen molar-refractivity contribution in [3.05, 3.63) is 39.7 Å². The van der Waals surface area contributed by atoms with Crippen LogP contribution in [0.4, 0.5) is 0 Å². The summed E-state index contributed by atoms with van der Waals surface area (Å²) in [6.45, 7) is 4.01. The zero-order chi connectivity index (χ0) is 13.1. The summed E-state index contributed by atoms with van der Waals surface area (Å²) < 4.78 is 9.37. The minimum Gasteiger partial charge on any atom is -0.462 e. The Balaban J connectivity index is 2.45. The summed E-state index contributed by atoms with van der Waals surface area (Å²) in [5, 5.41) is 0.656. The van der Waals surface area contributed by atoms with E-state index in [0.717, 1.165) is 10.4 Å². The van der Waals surface area contributed by atoms with Crippen molar-refractivity contribution in [2.75, 3.05) is 6.61 Å². The van der Waals surface area contributed by atoms with E-state index in [9.17, 15) is 4.79 Å². The molecule has 0 N–H and O–H groups in total. The van der Waals surface area contributed by atoms with E-state index in [1.54, 1.807) is 19.1 Å². The summed E-state index contributed by atoms with van der Waals surface area (Å²) in [6, 6.07) is 7.25. The molecule has 3 nitrogen and oxygen atoms in total. The Kier molecular flexibility index (Phi) is 3.99. The van der Waals surface area contributed by atoms with Gasteiger partial charge in [0.2, 0.25) is 0 Å². The van der Waals surface area contributed by atoms with Gasteiger partial charge in [0.15, 0.2) is 0 Å². The number of carbonyl (C=O) groups is 1. The second-order valence-electron chi connectivity index (χ2n) is 3.69. The lowest BCUT2D eigenvalue weighted by Crippen LogP contribution is -2.06. The van der Waals surface area contributed by atoms with E-state index in [1.165, 1.54) is 11.5 Å². The molecule has 0 aliphatic rings. The number of carbonyl (C=O) groups excluding carboxylic acids is 1. The predicted molar refractivity (Wildman–Crippen MR) is 73.3 cm³/mol. The highest BCUT2D eigenvalue weighted by atomic mass is 35.5. The van der Waals surface area contributed by atoms with Crippen molar-refractivity contribution in [3.8, 4) is 11.3 Å². The van der Waals surface area contributed by atoms with E-state index in [2.05, 4.69) is 4.37 Å². The van der Waals surface area contributed by atoms with Gasteiger partial charge in [0.25, 0.3) is 0 Å². The molecule has 1 aromatic heterocycles. The lowest BCUT2D eigenvalue weighted by molar-refractivity contribution is 0.0527. The van der Waals surface area contributed by atoms with E-state index in [0.29, 0.717) is 22.9 Å². The monoisotopic (exact) mass is 281 g/mol. The maximum absolute atomic E-state index is 11.9. The van der Waals surface area contributed by atoms with Gasteiger partial charge in [-0.15, -0.1) is 0 Å². The van der Waals surface area contributed by atoms with Gasteiger partial charge in [-0.2, -0.15) is 4.37 Å². The van der Waals surface area contributed by atoms with Gasteiger partial charge in [-0.05, 0) is 37.5 Å². The van der Waals surface area contributed by atoms with Crippen molar-refractivity contribution in [1.82, 2.24) is 4.37 Å². The summed E-state index contributed by atoms with van der Waals surface area (Å²) in [4.78, 5) is 12.8. The molecule has 0 amide bonds. The molecule has 0 unspecified atom stereocenters. The quantitative estimate of drug-likeness (QED) is 0.800. The fraction of sp³-hybridized carbons (Fsp3) is 0.231. The van der Waals surface area contributed by atoms with Crippen molar-refractivity contribution in [1.29, 1.82) is 0 Å². The minimum atomic E-state index is -0.325. The molecule has 1 heterocycles. The highest BCUT2D eigenvalue weighted by Crippen LogP contribution is 2.29. The lowest BCUT2D eigenvalue weighted by atomic mass is 10.1. The molecule has 0 saturated carbocycles. The molecule has 0 spiro atoms. The molecule has 0 atom stereocenters. The van der Waals surface area contributed by atoms with Crippen molar-refractivity contribution in [2.24, 2.45) is 0 Å². The summed E-state index contributed by atoms with van der Waals surface area (Å²) in [5.41, 5.74) is 2.07. The summed E-state index contributed by atoms with van der Waals surface area (Å²) >= 11 is 7.15. The second-order valence-corrected chi connectivity index (χ2v) is 5.10. The predicted octanol–water partition coefficient (Wildman–Crippen LogP) is 3.95. The molecular weight excluding hydrogens is 270 g/mol. The van der Waals surface area contributed by atoms with Crippen molar-refractivity contribution >= 4 is 29.1 Å². The summed E-state index contributed by atoms with van der Waals surface area (Å²) in [6.07, 6.45) is 0. The number of nitrogens with zero attached hydrogens (tertiary/aromatic N) is 1. The lowest BCUT2D eigenvalue weighted by Gasteiger charge is -2.04. The molecule has 1 aromatic carbocycles. The molecule has 94 valence electrons. The standard InChI is InChI=1S/C13H12ClNO2S/c1-3-17-13(16)11-8(2)18-15-12(11)9-4-6-10(14)7-5-9/h4-7H,3H2,1-2H3. The molecule has 18 heavy (non-hydrogen) atoms. The molecule has 0 bridgehead atoms. The fourth-order valence-electron chi connectivity index (χ4n) is 1.62. The summed E-state index contributed by atoms with van der Waals surface area (Å²) in [7, 11) is 0. The molecule has 2 rings (SSSR count). The van der Waals surface area contributed by atoms with E-state index >= 15 is 0 Å². The van der Waals surface area contributed by atoms with Gasteiger partial charge < -0.3 is 4.74 Å². The second kappa shape index (κ2) is 5.50. The van der Waals surface area contributed by atoms with Crippen LogP contribution in [-0.4, -0.2) is 16.9 Å². The van der Waals surface area contributed by atoms with Crippen molar-refractivity contribution in [2.45, 2.75) is 13.8 Å². The van der Waals surface area contributed by atoms with Gasteiger partial charge in [0.1, 0.15) is 5.56 Å². The molecule has 0 radical (unpaired) electrons. The number of hydrogen-bond acceptors (Lipinski definition) is 4. The van der Waals surface area contributed by atoms with E-state index in [4.69, 9.17) is 16.3 Å². The number of aryl methyl sites for hydroxylation is 1. The van der Waals surface area contributed by atoms with E-state index in [1.807, 2.05) is 19.1 Å². The first-order chi connectivity index (χ1) is 8.63. The zero-order valence-corrected chi connectivity index (χ0v) is 11.6. The Bertz CT molecular complexity index is 563. The first-order valence-corrected chi connectivity index (χ1v) is 6.68. The third-order valence-corrected chi connectivity index (χ3v) is 3.46. The average molecular weight is 282 g/mol. The Morgan fingerprint density at radius 3 is 2.67 bits per heavy atom. The van der Waals surface area contributed by atoms with Crippen LogP contribution in [0.15, 0.2) is 24.3 Å². The highest BCUT2D eigenvalue weighted by molar-refractivity contribution is 7.06. The molecule has 5 heteroatoms. The number of aromatic nitrogens is 1. The third kappa shape index (κ3) is 2.54. The van der Waals surface area contributed by atoms with E-state index < -0.39 is 0 Å². The normalized spacial score (nSPS) is 10.4. The molecule has 2 aromatic rings. The number of rotatable bonds is 3. The van der Waals surface area contributed by atoms with Crippen LogP contribution < -0.4 is 0 Å². The Morgan fingerprint density at radius 2 is 2.06 bits per heavy atom. The number of esters is 1. The smallest absolute Gasteiger partial charge is 0.341 e. The zero-order valence-electron chi connectivity index (χ0n) is 10.1. The van der Waals surface area contributed by atoms with Gasteiger partial charge in [0, 0.05) is 15.5 Å². The third-order valence-electron chi connectivity index (χ3n) is 2.46. The molecule has 0 fully saturated rings. The topological polar surface area (TPSA) is 39.2 Å². The maximum atomic E-state index is 11.9. The molecule has 0 aliphatic carbocycles. The first-order valence-electron chi connectivity index (χ1n) is 5.52. The fourth-order valence-corrected chi connectivity index (χ4v) is 2.44. The number of ether oxygens (including phenoxy) is 1. The van der Waals surface area contributed by atoms with Crippen LogP contribution in [0.1, 0.15) is 22.2 Å². The summed E-state index contributed by atoms with van der Waals surface area (Å²) in [5.74, 6) is -0.325. The van der Waals surface area contributed by atoms with Crippen LogP contribution in [0.2, 0.25) is 5.02 Å². The van der Waals surface area contributed by atoms with Gasteiger partial charge in [-0.3, -0.25) is 0 Å². The molecule has 0 aliphatic heterocycles. The molecule has 0 saturated heterocycles. The highest BCUT2D eigenvalue weighted by Gasteiger charge is 2.20. The number of benzene rings is 1. The van der Waals surface area contributed by atoms with E-state index in [-0.39, 0.29) is 5.97 Å². The Morgan fingerprint density at radius 1 is 1.39 bits per heavy atom. The number of hydrogen-bond donors (Lipinski definition) is 0. The van der Waals surface area contributed by atoms with Gasteiger partial charge in [-0.25, -0.2) is 4.79 Å².